The average Bonchev–Trinajstić information content (AvgIpc) is 1.59. The fraction of sp³-hybridized carbons (Fsp3) is 1.00. The van der Waals surface area contributed by atoms with Crippen molar-refractivity contribution in [1.29, 1.82) is 0 Å². The predicted octanol–water partition coefficient (Wildman–Crippen LogP) is 2.94. The maximum Gasteiger partial charge on any atom is 0.389 e. The first-order valence-corrected chi connectivity index (χ1v) is 4.41. The third kappa shape index (κ3) is 6.26. The summed E-state index contributed by atoms with van der Waals surface area (Å²) >= 11 is 1.45. The van der Waals surface area contributed by atoms with E-state index >= 15 is 0 Å². The van der Waals surface area contributed by atoms with Gasteiger partial charge in [-0.1, -0.05) is 6.92 Å². The van der Waals surface area contributed by atoms with Crippen molar-refractivity contribution in [2.24, 2.45) is 5.92 Å². The van der Waals surface area contributed by atoms with Gasteiger partial charge < -0.3 is 0 Å². The highest BCUT2D eigenvalue weighted by atomic mass is 32.2. The number of thioether (sulfide) groups is 1. The Morgan fingerprint density at radius 1 is 1.40 bits per heavy atom. The van der Waals surface area contributed by atoms with Gasteiger partial charge in [0.2, 0.25) is 0 Å². The second-order valence-corrected chi connectivity index (χ2v) is 3.29. The van der Waals surface area contributed by atoms with E-state index in [1.165, 1.54) is 11.8 Å². The van der Waals surface area contributed by atoms with E-state index < -0.39 is 12.6 Å². The van der Waals surface area contributed by atoms with Crippen molar-refractivity contribution in [2.45, 2.75) is 19.5 Å². The van der Waals surface area contributed by atoms with Gasteiger partial charge in [0.15, 0.2) is 0 Å². The van der Waals surface area contributed by atoms with E-state index in [1.54, 1.807) is 6.92 Å². The molecule has 1 atom stereocenters. The summed E-state index contributed by atoms with van der Waals surface area (Å²) in [5.74, 6) is 0.328. The Morgan fingerprint density at radius 2 is 1.90 bits per heavy atom. The Labute approximate surface area is 63.2 Å². The molecule has 0 nitrogen and oxygen atoms in total. The molecule has 0 saturated carbocycles. The van der Waals surface area contributed by atoms with Gasteiger partial charge >= 0.3 is 6.18 Å². The molecule has 0 radical (unpaired) electrons. The molecule has 0 saturated heterocycles. The van der Waals surface area contributed by atoms with Crippen LogP contribution in [0, 0.1) is 5.92 Å². The lowest BCUT2D eigenvalue weighted by atomic mass is 10.1. The first kappa shape index (κ1) is 10.1. The molecular formula is C6H11F3S. The summed E-state index contributed by atoms with van der Waals surface area (Å²) in [4.78, 5) is 0. The Morgan fingerprint density at radius 3 is 2.20 bits per heavy atom. The van der Waals surface area contributed by atoms with Crippen LogP contribution in [0.25, 0.3) is 0 Å². The maximum absolute atomic E-state index is 11.6. The summed E-state index contributed by atoms with van der Waals surface area (Å²) < 4.78 is 34.9. The third-order valence-electron chi connectivity index (χ3n) is 1.03. The van der Waals surface area contributed by atoms with E-state index in [2.05, 4.69) is 0 Å². The minimum Gasteiger partial charge on any atom is -0.171 e. The summed E-state index contributed by atoms with van der Waals surface area (Å²) in [5, 5.41) is 0. The van der Waals surface area contributed by atoms with Gasteiger partial charge in [0.05, 0.1) is 0 Å². The summed E-state index contributed by atoms with van der Waals surface area (Å²) in [6.45, 7) is 1.62. The van der Waals surface area contributed by atoms with Crippen LogP contribution in [-0.2, 0) is 0 Å². The monoisotopic (exact) mass is 172 g/mol. The lowest BCUT2D eigenvalue weighted by Gasteiger charge is -2.11. The SMILES string of the molecule is CSCC(C)CC(F)(F)F. The molecule has 0 aromatic rings. The van der Waals surface area contributed by atoms with Gasteiger partial charge in [-0.25, -0.2) is 0 Å². The molecular weight excluding hydrogens is 161 g/mol. The van der Waals surface area contributed by atoms with Gasteiger partial charge in [-0.15, -0.1) is 0 Å². The number of halogens is 3. The third-order valence-corrected chi connectivity index (χ3v) is 1.93. The molecule has 4 heteroatoms. The minimum absolute atomic E-state index is 0.255. The molecule has 0 rings (SSSR count). The van der Waals surface area contributed by atoms with Crippen LogP contribution in [-0.4, -0.2) is 18.2 Å². The van der Waals surface area contributed by atoms with E-state index in [4.69, 9.17) is 0 Å². The van der Waals surface area contributed by atoms with E-state index in [1.807, 2.05) is 6.26 Å². The zero-order chi connectivity index (χ0) is 8.20. The molecule has 1 unspecified atom stereocenters. The zero-order valence-corrected chi connectivity index (χ0v) is 6.85. The van der Waals surface area contributed by atoms with Gasteiger partial charge in [0.25, 0.3) is 0 Å². The second kappa shape index (κ2) is 4.11. The zero-order valence-electron chi connectivity index (χ0n) is 6.03. The van der Waals surface area contributed by atoms with Crippen molar-refractivity contribution in [3.05, 3.63) is 0 Å². The van der Waals surface area contributed by atoms with Crippen LogP contribution < -0.4 is 0 Å². The molecule has 10 heavy (non-hydrogen) atoms. The van der Waals surface area contributed by atoms with Crippen LogP contribution >= 0.6 is 11.8 Å². The van der Waals surface area contributed by atoms with Crippen LogP contribution in [0.3, 0.4) is 0 Å². The standard InChI is InChI=1S/C6H11F3S/c1-5(4-10-2)3-6(7,8)9/h5H,3-4H2,1-2H3. The second-order valence-electron chi connectivity index (χ2n) is 2.38. The van der Waals surface area contributed by atoms with Crippen LogP contribution in [0.5, 0.6) is 0 Å². The van der Waals surface area contributed by atoms with Crippen LogP contribution in [0.2, 0.25) is 0 Å². The molecule has 0 aliphatic carbocycles. The van der Waals surface area contributed by atoms with E-state index in [-0.39, 0.29) is 5.92 Å². The topological polar surface area (TPSA) is 0 Å². The van der Waals surface area contributed by atoms with Gasteiger partial charge in [0.1, 0.15) is 0 Å². The summed E-state index contributed by atoms with van der Waals surface area (Å²) in [7, 11) is 0. The molecule has 0 amide bonds. The van der Waals surface area contributed by atoms with Crippen LogP contribution in [0.15, 0.2) is 0 Å². The molecule has 0 aliphatic heterocycles. The summed E-state index contributed by atoms with van der Waals surface area (Å²) in [6.07, 6.45) is -2.84. The summed E-state index contributed by atoms with van der Waals surface area (Å²) in [5.41, 5.74) is 0. The first-order valence-electron chi connectivity index (χ1n) is 3.01. The van der Waals surface area contributed by atoms with Crippen molar-refractivity contribution < 1.29 is 13.2 Å². The normalized spacial score (nSPS) is 15.3. The number of rotatable bonds is 3. The quantitative estimate of drug-likeness (QED) is 0.630. The van der Waals surface area contributed by atoms with Gasteiger partial charge in [-0.05, 0) is 17.9 Å². The highest BCUT2D eigenvalue weighted by Crippen LogP contribution is 2.25. The van der Waals surface area contributed by atoms with E-state index in [0.717, 1.165) is 0 Å². The fourth-order valence-corrected chi connectivity index (χ4v) is 1.43. The highest BCUT2D eigenvalue weighted by Gasteiger charge is 2.29. The number of hydrogen-bond donors (Lipinski definition) is 0. The first-order chi connectivity index (χ1) is 4.45. The van der Waals surface area contributed by atoms with Crippen molar-refractivity contribution in [2.75, 3.05) is 12.0 Å². The largest absolute Gasteiger partial charge is 0.389 e. The highest BCUT2D eigenvalue weighted by molar-refractivity contribution is 7.98. The smallest absolute Gasteiger partial charge is 0.171 e. The molecule has 0 spiro atoms. The average molecular weight is 172 g/mol. The Kier molecular flexibility index (Phi) is 4.17. The lowest BCUT2D eigenvalue weighted by Crippen LogP contribution is -2.14. The van der Waals surface area contributed by atoms with Gasteiger partial charge in [-0.3, -0.25) is 0 Å². The summed E-state index contributed by atoms with van der Waals surface area (Å²) in [6, 6.07) is 0. The molecule has 0 N–H and O–H groups in total. The molecule has 0 heterocycles. The molecule has 0 fully saturated rings. The van der Waals surface area contributed by atoms with Crippen molar-refractivity contribution in [3.8, 4) is 0 Å². The number of hydrogen-bond acceptors (Lipinski definition) is 1. The van der Waals surface area contributed by atoms with Crippen molar-refractivity contribution in [1.82, 2.24) is 0 Å². The maximum atomic E-state index is 11.6. The van der Waals surface area contributed by atoms with Crippen LogP contribution in [0.4, 0.5) is 13.2 Å². The number of alkyl halides is 3. The lowest BCUT2D eigenvalue weighted by molar-refractivity contribution is -0.141. The van der Waals surface area contributed by atoms with Gasteiger partial charge in [-0.2, -0.15) is 24.9 Å². The molecule has 0 aromatic heterocycles. The van der Waals surface area contributed by atoms with Crippen molar-refractivity contribution >= 4 is 11.8 Å². The Bertz CT molecular complexity index is 89.5. The van der Waals surface area contributed by atoms with E-state index in [9.17, 15) is 13.2 Å². The van der Waals surface area contributed by atoms with Gasteiger partial charge in [0, 0.05) is 6.42 Å². The Balaban J connectivity index is 3.47. The fourth-order valence-electron chi connectivity index (χ4n) is 0.739. The molecule has 0 aromatic carbocycles. The molecule has 62 valence electrons. The van der Waals surface area contributed by atoms with E-state index in [0.29, 0.717) is 5.75 Å². The minimum atomic E-state index is -3.99. The van der Waals surface area contributed by atoms with Crippen LogP contribution in [0.1, 0.15) is 13.3 Å². The molecule has 0 bridgehead atoms. The Hall–Kier alpha value is 0.140. The van der Waals surface area contributed by atoms with Crippen molar-refractivity contribution in [3.63, 3.8) is 0 Å². The predicted molar refractivity (Wildman–Crippen MR) is 38.2 cm³/mol. The molecule has 0 aliphatic rings.